The van der Waals surface area contributed by atoms with E-state index in [4.69, 9.17) is 0 Å². The van der Waals surface area contributed by atoms with Crippen LogP contribution in [0.1, 0.15) is 5.56 Å². The van der Waals surface area contributed by atoms with Crippen molar-refractivity contribution in [2.45, 2.75) is 11.8 Å². The summed E-state index contributed by atoms with van der Waals surface area (Å²) in [4.78, 5) is 23.2. The molecule has 0 fully saturated rings. The molecule has 4 aromatic rings. The van der Waals surface area contributed by atoms with Crippen molar-refractivity contribution in [1.29, 1.82) is 0 Å². The lowest BCUT2D eigenvalue weighted by atomic mass is 10.1. The van der Waals surface area contributed by atoms with Gasteiger partial charge in [-0.25, -0.2) is 16.8 Å². The van der Waals surface area contributed by atoms with Crippen molar-refractivity contribution in [2.24, 2.45) is 0 Å². The van der Waals surface area contributed by atoms with Crippen molar-refractivity contribution in [3.8, 4) is 0 Å². The first-order valence-electron chi connectivity index (χ1n) is 11.5. The molecule has 202 valence electrons. The number of nitro groups is 1. The summed E-state index contributed by atoms with van der Waals surface area (Å²) >= 11 is 0. The Bertz CT molecular complexity index is 1780. The predicted octanol–water partition coefficient (Wildman–Crippen LogP) is 4.26. The second-order valence-electron chi connectivity index (χ2n) is 8.70. The SMILES string of the molecule is Cc1ccc([N+](=O)[O-])cc1N(CC(=O)Nc1ccc(S(=O)(=O)Nc2cccc3ccccc23)cc1)S(C)(=O)=O. The zero-order valence-corrected chi connectivity index (χ0v) is 22.5. The second-order valence-corrected chi connectivity index (χ2v) is 12.3. The van der Waals surface area contributed by atoms with Crippen LogP contribution < -0.4 is 14.3 Å². The minimum absolute atomic E-state index is 0.00259. The average molecular weight is 569 g/mol. The quantitative estimate of drug-likeness (QED) is 0.226. The van der Waals surface area contributed by atoms with Crippen LogP contribution in [0.4, 0.5) is 22.7 Å². The summed E-state index contributed by atoms with van der Waals surface area (Å²) < 4.78 is 54.2. The molecule has 0 radical (unpaired) electrons. The maximum atomic E-state index is 13.0. The zero-order chi connectivity index (χ0) is 28.4. The summed E-state index contributed by atoms with van der Waals surface area (Å²) in [7, 11) is -7.93. The summed E-state index contributed by atoms with van der Waals surface area (Å²) in [5.41, 5.74) is 0.754. The number of carbonyl (C=O) groups excluding carboxylic acids is 1. The first-order chi connectivity index (χ1) is 18.3. The Balaban J connectivity index is 1.51. The Hall–Kier alpha value is -4.49. The standard InChI is InChI=1S/C26H24N4O7S2/c1-18-10-13-21(30(32)33)16-25(18)29(38(2,34)35)17-26(31)27-20-11-14-22(15-12-20)39(36,37)28-24-9-5-7-19-6-3-4-8-23(19)24/h3-16,28H,17H2,1-2H3,(H,27,31). The molecule has 1 amide bonds. The Morgan fingerprint density at radius 3 is 2.26 bits per heavy atom. The summed E-state index contributed by atoms with van der Waals surface area (Å²) in [6.45, 7) is 0.921. The average Bonchev–Trinajstić information content (AvgIpc) is 2.87. The van der Waals surface area contributed by atoms with Crippen molar-refractivity contribution in [3.05, 3.63) is 101 Å². The third-order valence-corrected chi connectivity index (χ3v) is 8.35. The third-order valence-electron chi connectivity index (χ3n) is 5.84. The van der Waals surface area contributed by atoms with Crippen LogP contribution in [-0.4, -0.2) is 40.5 Å². The van der Waals surface area contributed by atoms with Crippen LogP contribution >= 0.6 is 0 Å². The number of nitro benzene ring substituents is 1. The number of hydrogen-bond acceptors (Lipinski definition) is 7. The molecule has 11 nitrogen and oxygen atoms in total. The number of non-ortho nitro benzene ring substituents is 1. The number of nitrogens with one attached hydrogen (secondary N) is 2. The first-order valence-corrected chi connectivity index (χ1v) is 14.8. The fraction of sp³-hybridized carbons (Fsp3) is 0.115. The third kappa shape index (κ3) is 6.33. The molecule has 0 spiro atoms. The van der Waals surface area contributed by atoms with Gasteiger partial charge in [-0.1, -0.05) is 42.5 Å². The lowest BCUT2D eigenvalue weighted by Gasteiger charge is -2.23. The van der Waals surface area contributed by atoms with Gasteiger partial charge in [-0.05, 0) is 48.2 Å². The van der Waals surface area contributed by atoms with Crippen LogP contribution in [0, 0.1) is 17.0 Å². The molecule has 0 aliphatic heterocycles. The highest BCUT2D eigenvalue weighted by atomic mass is 32.2. The maximum absolute atomic E-state index is 13.0. The van der Waals surface area contributed by atoms with E-state index in [1.807, 2.05) is 24.3 Å². The molecule has 39 heavy (non-hydrogen) atoms. The van der Waals surface area contributed by atoms with Gasteiger partial charge in [0, 0.05) is 23.2 Å². The summed E-state index contributed by atoms with van der Waals surface area (Å²) in [6, 6.07) is 21.7. The van der Waals surface area contributed by atoms with Crippen molar-refractivity contribution in [3.63, 3.8) is 0 Å². The molecule has 0 aromatic heterocycles. The topological polar surface area (TPSA) is 156 Å². The van der Waals surface area contributed by atoms with E-state index >= 15 is 0 Å². The van der Waals surface area contributed by atoms with Crippen LogP contribution in [-0.2, 0) is 24.8 Å². The van der Waals surface area contributed by atoms with E-state index in [0.717, 1.165) is 27.4 Å². The molecule has 0 heterocycles. The molecule has 0 aliphatic rings. The molecular weight excluding hydrogens is 544 g/mol. The number of aryl methyl sites for hydroxylation is 1. The zero-order valence-electron chi connectivity index (χ0n) is 20.9. The Morgan fingerprint density at radius 1 is 0.923 bits per heavy atom. The summed E-state index contributed by atoms with van der Waals surface area (Å²) in [5.74, 6) is -0.726. The highest BCUT2D eigenvalue weighted by Crippen LogP contribution is 2.28. The van der Waals surface area contributed by atoms with E-state index in [1.165, 1.54) is 36.4 Å². The molecule has 0 saturated heterocycles. The normalized spacial score (nSPS) is 11.6. The summed E-state index contributed by atoms with van der Waals surface area (Å²) in [6.07, 6.45) is 0.890. The van der Waals surface area contributed by atoms with Crippen molar-refractivity contribution in [2.75, 3.05) is 27.1 Å². The number of sulfonamides is 2. The number of anilines is 3. The lowest BCUT2D eigenvalue weighted by molar-refractivity contribution is -0.384. The monoisotopic (exact) mass is 568 g/mol. The van der Waals surface area contributed by atoms with Crippen molar-refractivity contribution < 1.29 is 26.6 Å². The molecule has 13 heteroatoms. The molecule has 0 atom stereocenters. The molecular formula is C26H24N4O7S2. The van der Waals surface area contributed by atoms with Gasteiger partial charge >= 0.3 is 0 Å². The van der Waals surface area contributed by atoms with Gasteiger partial charge in [-0.2, -0.15) is 0 Å². The molecule has 4 aromatic carbocycles. The van der Waals surface area contributed by atoms with Gasteiger partial charge in [-0.3, -0.25) is 23.9 Å². The van der Waals surface area contributed by atoms with Crippen molar-refractivity contribution >= 4 is 59.5 Å². The largest absolute Gasteiger partial charge is 0.325 e. The van der Waals surface area contributed by atoms with Crippen LogP contribution in [0.2, 0.25) is 0 Å². The van der Waals surface area contributed by atoms with Gasteiger partial charge in [-0.15, -0.1) is 0 Å². The van der Waals surface area contributed by atoms with Gasteiger partial charge < -0.3 is 5.32 Å². The Kier molecular flexibility index (Phi) is 7.56. The number of nitrogens with zero attached hydrogens (tertiary/aromatic N) is 2. The molecule has 0 aliphatic carbocycles. The number of hydrogen-bond donors (Lipinski definition) is 2. The van der Waals surface area contributed by atoms with E-state index in [1.54, 1.807) is 25.1 Å². The molecule has 0 saturated carbocycles. The van der Waals surface area contributed by atoms with E-state index in [9.17, 15) is 31.7 Å². The fourth-order valence-corrected chi connectivity index (χ4v) is 5.91. The van der Waals surface area contributed by atoms with Crippen molar-refractivity contribution in [1.82, 2.24) is 0 Å². The smallest absolute Gasteiger partial charge is 0.271 e. The van der Waals surface area contributed by atoms with Crippen LogP contribution in [0.3, 0.4) is 0 Å². The minimum atomic E-state index is -3.98. The maximum Gasteiger partial charge on any atom is 0.271 e. The highest BCUT2D eigenvalue weighted by molar-refractivity contribution is 7.92. The van der Waals surface area contributed by atoms with Gasteiger partial charge in [0.1, 0.15) is 6.54 Å². The molecule has 2 N–H and O–H groups in total. The predicted molar refractivity (Wildman–Crippen MR) is 150 cm³/mol. The van der Waals surface area contributed by atoms with Crippen LogP contribution in [0.25, 0.3) is 10.8 Å². The van der Waals surface area contributed by atoms with Crippen LogP contribution in [0.5, 0.6) is 0 Å². The number of benzene rings is 4. The van der Waals surface area contributed by atoms with E-state index in [2.05, 4.69) is 10.0 Å². The van der Waals surface area contributed by atoms with Gasteiger partial charge in [0.2, 0.25) is 15.9 Å². The van der Waals surface area contributed by atoms with Crippen LogP contribution in [0.15, 0.2) is 89.8 Å². The second kappa shape index (κ2) is 10.7. The number of amides is 1. The Morgan fingerprint density at radius 2 is 1.59 bits per heavy atom. The first kappa shape index (κ1) is 27.5. The lowest BCUT2D eigenvalue weighted by Crippen LogP contribution is -2.37. The highest BCUT2D eigenvalue weighted by Gasteiger charge is 2.25. The van der Waals surface area contributed by atoms with E-state index in [0.29, 0.717) is 11.3 Å². The fourth-order valence-electron chi connectivity index (χ4n) is 3.93. The van der Waals surface area contributed by atoms with E-state index in [-0.39, 0.29) is 22.0 Å². The summed E-state index contributed by atoms with van der Waals surface area (Å²) in [5, 5.41) is 15.3. The number of fused-ring (bicyclic) bond motifs is 1. The minimum Gasteiger partial charge on any atom is -0.325 e. The Labute approximate surface area is 225 Å². The number of rotatable bonds is 9. The van der Waals surface area contributed by atoms with Gasteiger partial charge in [0.05, 0.1) is 27.4 Å². The molecule has 0 unspecified atom stereocenters. The van der Waals surface area contributed by atoms with Gasteiger partial charge in [0.25, 0.3) is 15.7 Å². The van der Waals surface area contributed by atoms with Gasteiger partial charge in [0.15, 0.2) is 0 Å². The number of carbonyl (C=O) groups is 1. The molecule has 0 bridgehead atoms. The van der Waals surface area contributed by atoms with E-state index < -0.39 is 37.4 Å². The molecule has 4 rings (SSSR count).